The van der Waals surface area contributed by atoms with Gasteiger partial charge >= 0.3 is 0 Å². The minimum atomic E-state index is -0.187. The zero-order valence-corrected chi connectivity index (χ0v) is 14.2. The van der Waals surface area contributed by atoms with Crippen molar-refractivity contribution in [3.8, 4) is 0 Å². The highest BCUT2D eigenvalue weighted by molar-refractivity contribution is 9.10. The maximum absolute atomic E-state index is 12.7. The number of carbonyl (C=O) groups is 2. The lowest BCUT2D eigenvalue weighted by atomic mass is 10.1. The highest BCUT2D eigenvalue weighted by Crippen LogP contribution is 2.23. The van der Waals surface area contributed by atoms with Gasteiger partial charge in [0.05, 0.1) is 21.9 Å². The van der Waals surface area contributed by atoms with Crippen LogP contribution in [0.3, 0.4) is 0 Å². The summed E-state index contributed by atoms with van der Waals surface area (Å²) in [5, 5.41) is 4.16. The molecule has 0 atom stereocenters. The van der Waals surface area contributed by atoms with Crippen LogP contribution in [0.25, 0.3) is 5.52 Å². The molecule has 0 radical (unpaired) electrons. The number of rotatable bonds is 3. The summed E-state index contributed by atoms with van der Waals surface area (Å²) in [6.45, 7) is 1.91. The van der Waals surface area contributed by atoms with Crippen molar-refractivity contribution in [3.63, 3.8) is 0 Å². The number of aromatic nitrogens is 2. The summed E-state index contributed by atoms with van der Waals surface area (Å²) in [4.78, 5) is 25.5. The van der Waals surface area contributed by atoms with Crippen molar-refractivity contribution in [3.05, 3.63) is 63.9 Å². The molecule has 0 spiro atoms. The van der Waals surface area contributed by atoms with E-state index in [2.05, 4.69) is 21.0 Å². The topological polar surface area (TPSA) is 54.7 Å². The Balaban J connectivity index is 2.01. The van der Waals surface area contributed by atoms with Crippen LogP contribution >= 0.6 is 15.9 Å². The zero-order chi connectivity index (χ0) is 16.6. The third-order valence-electron chi connectivity index (χ3n) is 3.70. The van der Waals surface area contributed by atoms with E-state index in [0.29, 0.717) is 16.8 Å². The van der Waals surface area contributed by atoms with Gasteiger partial charge in [0, 0.05) is 24.4 Å². The summed E-state index contributed by atoms with van der Waals surface area (Å²) < 4.78 is 2.50. The smallest absolute Gasteiger partial charge is 0.258 e. The molecule has 1 amide bonds. The molecule has 6 heteroatoms. The van der Waals surface area contributed by atoms with Gasteiger partial charge in [-0.05, 0) is 47.1 Å². The Bertz CT molecular complexity index is 917. The van der Waals surface area contributed by atoms with Crippen LogP contribution in [0.15, 0.2) is 47.2 Å². The number of hydrogen-bond acceptors (Lipinski definition) is 3. The highest BCUT2D eigenvalue weighted by atomic mass is 79.9. The number of pyridine rings is 1. The van der Waals surface area contributed by atoms with E-state index < -0.39 is 0 Å². The van der Waals surface area contributed by atoms with Crippen molar-refractivity contribution < 1.29 is 9.59 Å². The standard InChI is InChI=1S/C17H14BrN3O2/c1-11-3-4-15(13(7-11)10-22)20(2)17(23)12-5-6-21-16(8-12)14(18)9-19-21/h3-10H,1-2H3. The lowest BCUT2D eigenvalue weighted by Gasteiger charge is -2.19. The predicted molar refractivity (Wildman–Crippen MR) is 92.2 cm³/mol. The fourth-order valence-electron chi connectivity index (χ4n) is 2.46. The molecule has 5 nitrogen and oxygen atoms in total. The summed E-state index contributed by atoms with van der Waals surface area (Å²) in [5.41, 5.74) is 3.39. The fraction of sp³-hybridized carbons (Fsp3) is 0.118. The van der Waals surface area contributed by atoms with Crippen molar-refractivity contribution in [2.45, 2.75) is 6.92 Å². The van der Waals surface area contributed by atoms with E-state index in [4.69, 9.17) is 0 Å². The van der Waals surface area contributed by atoms with E-state index in [9.17, 15) is 9.59 Å². The molecule has 3 aromatic rings. The van der Waals surface area contributed by atoms with Crippen LogP contribution in [0.2, 0.25) is 0 Å². The number of amides is 1. The Morgan fingerprint density at radius 3 is 2.83 bits per heavy atom. The van der Waals surface area contributed by atoms with E-state index in [-0.39, 0.29) is 5.91 Å². The predicted octanol–water partition coefficient (Wildman–Crippen LogP) is 3.49. The van der Waals surface area contributed by atoms with Crippen molar-refractivity contribution in [2.24, 2.45) is 0 Å². The summed E-state index contributed by atoms with van der Waals surface area (Å²) >= 11 is 3.41. The summed E-state index contributed by atoms with van der Waals surface area (Å²) in [6.07, 6.45) is 4.18. The van der Waals surface area contributed by atoms with Gasteiger partial charge < -0.3 is 4.90 Å². The minimum Gasteiger partial charge on any atom is -0.311 e. The molecular formula is C17H14BrN3O2. The average molecular weight is 372 g/mol. The molecule has 0 unspecified atom stereocenters. The molecule has 0 saturated heterocycles. The first kappa shape index (κ1) is 15.4. The second-order valence-electron chi connectivity index (χ2n) is 5.28. The number of fused-ring (bicyclic) bond motifs is 1. The summed E-state index contributed by atoms with van der Waals surface area (Å²) in [5.74, 6) is -0.187. The molecule has 1 aromatic carbocycles. The molecule has 0 bridgehead atoms. The average Bonchev–Trinajstić information content (AvgIpc) is 2.94. The normalized spacial score (nSPS) is 10.7. The van der Waals surface area contributed by atoms with Crippen molar-refractivity contribution in [1.29, 1.82) is 0 Å². The fourth-order valence-corrected chi connectivity index (χ4v) is 2.85. The SMILES string of the molecule is Cc1ccc(N(C)C(=O)c2ccn3ncc(Br)c3c2)c(C=O)c1. The number of carbonyl (C=O) groups excluding carboxylic acids is 2. The maximum atomic E-state index is 12.7. The van der Waals surface area contributed by atoms with Crippen LogP contribution in [0.4, 0.5) is 5.69 Å². The number of anilines is 1. The van der Waals surface area contributed by atoms with E-state index >= 15 is 0 Å². The van der Waals surface area contributed by atoms with Crippen LogP contribution in [-0.4, -0.2) is 28.9 Å². The van der Waals surface area contributed by atoms with Gasteiger partial charge in [-0.25, -0.2) is 4.52 Å². The molecule has 3 rings (SSSR count). The molecule has 0 N–H and O–H groups in total. The molecule has 0 fully saturated rings. The molecule has 0 saturated carbocycles. The number of aldehydes is 1. The Morgan fingerprint density at radius 2 is 2.09 bits per heavy atom. The van der Waals surface area contributed by atoms with E-state index in [1.165, 1.54) is 4.90 Å². The van der Waals surface area contributed by atoms with Gasteiger partial charge in [0.15, 0.2) is 6.29 Å². The van der Waals surface area contributed by atoms with Crippen molar-refractivity contribution in [2.75, 3.05) is 11.9 Å². The minimum absolute atomic E-state index is 0.187. The first-order valence-electron chi connectivity index (χ1n) is 6.98. The molecule has 2 aromatic heterocycles. The molecule has 0 aliphatic heterocycles. The molecule has 0 aliphatic rings. The second-order valence-corrected chi connectivity index (χ2v) is 6.14. The largest absolute Gasteiger partial charge is 0.311 e. The molecule has 0 aliphatic carbocycles. The monoisotopic (exact) mass is 371 g/mol. The van der Waals surface area contributed by atoms with Gasteiger partial charge in [-0.3, -0.25) is 9.59 Å². The number of benzene rings is 1. The number of aryl methyl sites for hydroxylation is 1. The molecule has 116 valence electrons. The zero-order valence-electron chi connectivity index (χ0n) is 12.7. The van der Waals surface area contributed by atoms with Crippen LogP contribution in [-0.2, 0) is 0 Å². The van der Waals surface area contributed by atoms with E-state index in [1.807, 2.05) is 13.0 Å². The first-order chi connectivity index (χ1) is 11.0. The lowest BCUT2D eigenvalue weighted by molar-refractivity contribution is 0.0993. The van der Waals surface area contributed by atoms with E-state index in [0.717, 1.165) is 21.8 Å². The Kier molecular flexibility index (Phi) is 4.00. The Morgan fingerprint density at radius 1 is 1.30 bits per heavy atom. The first-order valence-corrected chi connectivity index (χ1v) is 7.77. The Labute approximate surface area is 141 Å². The number of hydrogen-bond donors (Lipinski definition) is 0. The highest BCUT2D eigenvalue weighted by Gasteiger charge is 2.17. The van der Waals surface area contributed by atoms with Crippen molar-refractivity contribution >= 4 is 39.3 Å². The molecular weight excluding hydrogens is 358 g/mol. The molecule has 2 heterocycles. The molecule has 23 heavy (non-hydrogen) atoms. The van der Waals surface area contributed by atoms with Crippen LogP contribution in [0, 0.1) is 6.92 Å². The third-order valence-corrected chi connectivity index (χ3v) is 4.31. The van der Waals surface area contributed by atoms with Crippen molar-refractivity contribution in [1.82, 2.24) is 9.61 Å². The van der Waals surface area contributed by atoms with Gasteiger partial charge in [0.2, 0.25) is 0 Å². The second kappa shape index (κ2) is 5.96. The number of halogens is 1. The quantitative estimate of drug-likeness (QED) is 0.662. The van der Waals surface area contributed by atoms with Gasteiger partial charge in [-0.2, -0.15) is 5.10 Å². The van der Waals surface area contributed by atoms with Gasteiger partial charge in [-0.1, -0.05) is 11.6 Å². The third kappa shape index (κ3) is 2.77. The van der Waals surface area contributed by atoms with Gasteiger partial charge in [0.25, 0.3) is 5.91 Å². The summed E-state index contributed by atoms with van der Waals surface area (Å²) in [7, 11) is 1.66. The number of nitrogens with zero attached hydrogens (tertiary/aromatic N) is 3. The van der Waals surface area contributed by atoms with Crippen LogP contribution in [0.1, 0.15) is 26.3 Å². The Hall–Kier alpha value is -2.47. The summed E-state index contributed by atoms with van der Waals surface area (Å²) in [6, 6.07) is 8.90. The maximum Gasteiger partial charge on any atom is 0.258 e. The van der Waals surface area contributed by atoms with E-state index in [1.54, 1.807) is 48.2 Å². The van der Waals surface area contributed by atoms with Crippen LogP contribution < -0.4 is 4.90 Å². The van der Waals surface area contributed by atoms with Gasteiger partial charge in [-0.15, -0.1) is 0 Å². The lowest BCUT2D eigenvalue weighted by Crippen LogP contribution is -2.27. The van der Waals surface area contributed by atoms with Gasteiger partial charge in [0.1, 0.15) is 0 Å². The van der Waals surface area contributed by atoms with Crippen LogP contribution in [0.5, 0.6) is 0 Å².